The van der Waals surface area contributed by atoms with E-state index in [4.69, 9.17) is 4.74 Å². The number of hydrogen-bond donors (Lipinski definition) is 2. The molecule has 1 aromatic rings. The highest BCUT2D eigenvalue weighted by atomic mass is 19.4. The Bertz CT molecular complexity index is 382. The predicted octanol–water partition coefficient (Wildman–Crippen LogP) is 2.36. The molecule has 0 aromatic heterocycles. The van der Waals surface area contributed by atoms with Gasteiger partial charge in [-0.1, -0.05) is 12.1 Å². The summed E-state index contributed by atoms with van der Waals surface area (Å²) in [5.74, 6) is 0. The first-order chi connectivity index (χ1) is 8.95. The first-order valence-corrected chi connectivity index (χ1v) is 6.00. The molecule has 0 saturated carbocycles. The Balaban J connectivity index is 2.50. The van der Waals surface area contributed by atoms with Crippen molar-refractivity contribution in [2.75, 3.05) is 26.8 Å². The summed E-state index contributed by atoms with van der Waals surface area (Å²) in [6.07, 6.45) is -4.56. The molecule has 6 heteroatoms. The van der Waals surface area contributed by atoms with Crippen LogP contribution in [0.1, 0.15) is 23.7 Å². The minimum atomic E-state index is -4.39. The van der Waals surface area contributed by atoms with Gasteiger partial charge in [-0.15, -0.1) is 0 Å². The van der Waals surface area contributed by atoms with Crippen LogP contribution in [0.4, 0.5) is 13.2 Å². The topological polar surface area (TPSA) is 41.5 Å². The van der Waals surface area contributed by atoms with Crippen molar-refractivity contribution in [2.24, 2.45) is 0 Å². The van der Waals surface area contributed by atoms with Crippen molar-refractivity contribution >= 4 is 0 Å². The predicted molar refractivity (Wildman–Crippen MR) is 65.8 cm³/mol. The number of nitrogens with one attached hydrogen (secondary N) is 1. The Morgan fingerprint density at radius 3 is 2.74 bits per heavy atom. The summed E-state index contributed by atoms with van der Waals surface area (Å²) in [6, 6.07) is 4.74. The molecule has 1 rings (SSSR count). The lowest BCUT2D eigenvalue weighted by Gasteiger charge is -2.14. The second-order valence-electron chi connectivity index (χ2n) is 4.19. The number of alkyl halides is 3. The third kappa shape index (κ3) is 5.59. The first kappa shape index (κ1) is 15.9. The van der Waals surface area contributed by atoms with Crippen molar-refractivity contribution in [1.29, 1.82) is 0 Å². The van der Waals surface area contributed by atoms with Gasteiger partial charge in [0.1, 0.15) is 0 Å². The number of aliphatic hydroxyl groups excluding tert-OH is 1. The highest BCUT2D eigenvalue weighted by Gasteiger charge is 2.30. The van der Waals surface area contributed by atoms with E-state index in [0.29, 0.717) is 13.2 Å². The van der Waals surface area contributed by atoms with Crippen LogP contribution in [0.15, 0.2) is 24.3 Å². The minimum absolute atomic E-state index is 0.213. The van der Waals surface area contributed by atoms with Crippen LogP contribution in [-0.2, 0) is 10.9 Å². The summed E-state index contributed by atoms with van der Waals surface area (Å²) in [5.41, 5.74) is -0.488. The fourth-order valence-corrected chi connectivity index (χ4v) is 1.62. The highest BCUT2D eigenvalue weighted by Crippen LogP contribution is 2.30. The molecule has 1 aromatic carbocycles. The monoisotopic (exact) mass is 277 g/mol. The van der Waals surface area contributed by atoms with Gasteiger partial charge in [-0.2, -0.15) is 13.2 Å². The standard InChI is InChI=1S/C13H18F3NO2/c1-19-7-3-6-17-9-12(18)10-4-2-5-11(8-10)13(14,15)16/h2,4-5,8,12,17-18H,3,6-7,9H2,1H3. The minimum Gasteiger partial charge on any atom is -0.387 e. The normalized spacial score (nSPS) is 13.5. The maximum atomic E-state index is 12.5. The smallest absolute Gasteiger partial charge is 0.387 e. The van der Waals surface area contributed by atoms with Gasteiger partial charge in [0.25, 0.3) is 0 Å². The zero-order chi connectivity index (χ0) is 14.3. The van der Waals surface area contributed by atoms with E-state index in [-0.39, 0.29) is 12.1 Å². The fraction of sp³-hybridized carbons (Fsp3) is 0.538. The fourth-order valence-electron chi connectivity index (χ4n) is 1.62. The van der Waals surface area contributed by atoms with E-state index in [1.165, 1.54) is 12.1 Å². The molecule has 0 radical (unpaired) electrons. The van der Waals surface area contributed by atoms with E-state index in [9.17, 15) is 18.3 Å². The number of aliphatic hydroxyl groups is 1. The van der Waals surface area contributed by atoms with Crippen molar-refractivity contribution in [3.8, 4) is 0 Å². The molecule has 19 heavy (non-hydrogen) atoms. The second-order valence-corrected chi connectivity index (χ2v) is 4.19. The summed E-state index contributed by atoms with van der Waals surface area (Å²) >= 11 is 0. The number of benzene rings is 1. The summed E-state index contributed by atoms with van der Waals surface area (Å²) in [6.45, 7) is 1.46. The molecule has 108 valence electrons. The largest absolute Gasteiger partial charge is 0.416 e. The van der Waals surface area contributed by atoms with E-state index >= 15 is 0 Å². The highest BCUT2D eigenvalue weighted by molar-refractivity contribution is 5.27. The molecule has 0 aliphatic heterocycles. The summed E-state index contributed by atoms with van der Waals surface area (Å²) in [4.78, 5) is 0. The van der Waals surface area contributed by atoms with Gasteiger partial charge in [0, 0.05) is 20.3 Å². The van der Waals surface area contributed by atoms with Crippen LogP contribution in [0.25, 0.3) is 0 Å². The Morgan fingerprint density at radius 1 is 1.37 bits per heavy atom. The number of rotatable bonds is 7. The molecular weight excluding hydrogens is 259 g/mol. The van der Waals surface area contributed by atoms with Crippen molar-refractivity contribution in [2.45, 2.75) is 18.7 Å². The molecule has 1 atom stereocenters. The van der Waals surface area contributed by atoms with Crippen LogP contribution < -0.4 is 5.32 Å². The first-order valence-electron chi connectivity index (χ1n) is 6.00. The molecule has 0 spiro atoms. The molecule has 0 heterocycles. The van der Waals surface area contributed by atoms with E-state index < -0.39 is 17.8 Å². The van der Waals surface area contributed by atoms with Gasteiger partial charge < -0.3 is 15.2 Å². The zero-order valence-corrected chi connectivity index (χ0v) is 10.7. The second kappa shape index (κ2) is 7.47. The number of halogens is 3. The average Bonchev–Trinajstić information content (AvgIpc) is 2.37. The number of hydrogen-bond acceptors (Lipinski definition) is 3. The third-order valence-corrected chi connectivity index (χ3v) is 2.64. The SMILES string of the molecule is COCCCNCC(O)c1cccc(C(F)(F)F)c1. The quantitative estimate of drug-likeness (QED) is 0.752. The summed E-state index contributed by atoms with van der Waals surface area (Å²) < 4.78 is 42.4. The van der Waals surface area contributed by atoms with Gasteiger partial charge in [0.2, 0.25) is 0 Å². The van der Waals surface area contributed by atoms with Crippen LogP contribution in [-0.4, -0.2) is 31.9 Å². The Morgan fingerprint density at radius 2 is 2.11 bits per heavy atom. The molecule has 0 saturated heterocycles. The van der Waals surface area contributed by atoms with Crippen molar-refractivity contribution in [3.05, 3.63) is 35.4 Å². The van der Waals surface area contributed by atoms with Gasteiger partial charge in [0.05, 0.1) is 11.7 Å². The van der Waals surface area contributed by atoms with E-state index in [1.807, 2.05) is 0 Å². The van der Waals surface area contributed by atoms with Crippen molar-refractivity contribution in [1.82, 2.24) is 5.32 Å². The Hall–Kier alpha value is -1.11. The summed E-state index contributed by atoms with van der Waals surface area (Å²) in [7, 11) is 1.59. The van der Waals surface area contributed by atoms with Gasteiger partial charge in [-0.25, -0.2) is 0 Å². The van der Waals surface area contributed by atoms with Gasteiger partial charge in [0.15, 0.2) is 0 Å². The van der Waals surface area contributed by atoms with Gasteiger partial charge in [-0.05, 0) is 30.7 Å². The third-order valence-electron chi connectivity index (χ3n) is 2.64. The van der Waals surface area contributed by atoms with E-state index in [2.05, 4.69) is 5.32 Å². The maximum Gasteiger partial charge on any atom is 0.416 e. The molecule has 1 unspecified atom stereocenters. The van der Waals surface area contributed by atoms with Crippen molar-refractivity contribution in [3.63, 3.8) is 0 Å². The van der Waals surface area contributed by atoms with E-state index in [0.717, 1.165) is 18.6 Å². The molecular formula is C13H18F3NO2. The van der Waals surface area contributed by atoms with E-state index in [1.54, 1.807) is 7.11 Å². The molecule has 0 aliphatic rings. The lowest BCUT2D eigenvalue weighted by molar-refractivity contribution is -0.137. The lowest BCUT2D eigenvalue weighted by atomic mass is 10.1. The Labute approximate surface area is 110 Å². The van der Waals surface area contributed by atoms with Crippen LogP contribution in [0, 0.1) is 0 Å². The molecule has 2 N–H and O–H groups in total. The lowest BCUT2D eigenvalue weighted by Crippen LogP contribution is -2.23. The van der Waals surface area contributed by atoms with Crippen LogP contribution >= 0.6 is 0 Å². The molecule has 0 amide bonds. The Kier molecular flexibility index (Phi) is 6.27. The van der Waals surface area contributed by atoms with Crippen LogP contribution in [0.3, 0.4) is 0 Å². The number of methoxy groups -OCH3 is 1. The number of ether oxygens (including phenoxy) is 1. The zero-order valence-electron chi connectivity index (χ0n) is 10.7. The van der Waals surface area contributed by atoms with Crippen LogP contribution in [0.2, 0.25) is 0 Å². The van der Waals surface area contributed by atoms with Gasteiger partial charge >= 0.3 is 6.18 Å². The average molecular weight is 277 g/mol. The maximum absolute atomic E-state index is 12.5. The van der Waals surface area contributed by atoms with Crippen LogP contribution in [0.5, 0.6) is 0 Å². The molecule has 0 fully saturated rings. The van der Waals surface area contributed by atoms with Crippen molar-refractivity contribution < 1.29 is 23.0 Å². The molecule has 3 nitrogen and oxygen atoms in total. The summed E-state index contributed by atoms with van der Waals surface area (Å²) in [5, 5.41) is 12.8. The van der Waals surface area contributed by atoms with Gasteiger partial charge in [-0.3, -0.25) is 0 Å². The molecule has 0 bridgehead atoms. The molecule has 0 aliphatic carbocycles.